The molecule has 114 valence electrons. The van der Waals surface area contributed by atoms with Crippen molar-refractivity contribution in [3.05, 3.63) is 11.4 Å². The second kappa shape index (κ2) is 8.04. The number of anilines is 2. The number of hydrogen-bond donors (Lipinski definition) is 1. The predicted octanol–water partition coefficient (Wildman–Crippen LogP) is 2.17. The van der Waals surface area contributed by atoms with E-state index in [4.69, 9.17) is 4.98 Å². The standard InChI is InChI=1S/C15H29N5/c1-7-9-16-14-12(3)15(18-13(8-2)17-14)20(6)11-10-19(4)5/h7-11H2,1-6H3,(H,16,17,18). The Balaban J connectivity index is 2.97. The topological polar surface area (TPSA) is 44.3 Å². The second-order valence-electron chi connectivity index (χ2n) is 5.44. The fourth-order valence-corrected chi connectivity index (χ4v) is 1.95. The van der Waals surface area contributed by atoms with Gasteiger partial charge >= 0.3 is 0 Å². The van der Waals surface area contributed by atoms with Crippen LogP contribution in [0.4, 0.5) is 11.6 Å². The maximum atomic E-state index is 4.69. The summed E-state index contributed by atoms with van der Waals surface area (Å²) in [5.41, 5.74) is 1.14. The third-order valence-electron chi connectivity index (χ3n) is 3.27. The molecular weight excluding hydrogens is 250 g/mol. The lowest BCUT2D eigenvalue weighted by Crippen LogP contribution is -2.30. The lowest BCUT2D eigenvalue weighted by atomic mass is 10.2. The highest BCUT2D eigenvalue weighted by Gasteiger charge is 2.13. The molecule has 5 heteroatoms. The quantitative estimate of drug-likeness (QED) is 0.790. The average Bonchev–Trinajstić information content (AvgIpc) is 2.43. The van der Waals surface area contributed by atoms with E-state index in [1.54, 1.807) is 0 Å². The van der Waals surface area contributed by atoms with Crippen LogP contribution in [-0.4, -0.2) is 55.6 Å². The summed E-state index contributed by atoms with van der Waals surface area (Å²) in [7, 11) is 6.28. The van der Waals surface area contributed by atoms with E-state index >= 15 is 0 Å². The van der Waals surface area contributed by atoms with E-state index in [0.29, 0.717) is 0 Å². The van der Waals surface area contributed by atoms with Crippen LogP contribution in [0, 0.1) is 6.92 Å². The molecule has 0 aliphatic carbocycles. The molecule has 0 unspecified atom stereocenters. The highest BCUT2D eigenvalue weighted by atomic mass is 15.2. The molecule has 0 atom stereocenters. The van der Waals surface area contributed by atoms with Gasteiger partial charge in [-0.15, -0.1) is 0 Å². The van der Waals surface area contributed by atoms with Crippen molar-refractivity contribution in [2.45, 2.75) is 33.6 Å². The first kappa shape index (κ1) is 16.7. The van der Waals surface area contributed by atoms with Crippen molar-refractivity contribution >= 4 is 11.6 Å². The largest absolute Gasteiger partial charge is 0.370 e. The highest BCUT2D eigenvalue weighted by molar-refractivity contribution is 5.58. The Bertz CT molecular complexity index is 417. The Kier molecular flexibility index (Phi) is 6.71. The molecule has 0 fully saturated rings. The van der Waals surface area contributed by atoms with E-state index in [0.717, 1.165) is 55.5 Å². The maximum Gasteiger partial charge on any atom is 0.137 e. The van der Waals surface area contributed by atoms with E-state index in [1.807, 2.05) is 0 Å². The third-order valence-corrected chi connectivity index (χ3v) is 3.27. The number of nitrogens with one attached hydrogen (secondary N) is 1. The van der Waals surface area contributed by atoms with E-state index in [-0.39, 0.29) is 0 Å². The summed E-state index contributed by atoms with van der Waals surface area (Å²) in [5.74, 6) is 2.92. The van der Waals surface area contributed by atoms with E-state index in [1.165, 1.54) is 0 Å². The molecule has 1 aromatic heterocycles. The fraction of sp³-hybridized carbons (Fsp3) is 0.733. The molecule has 5 nitrogen and oxygen atoms in total. The normalized spacial score (nSPS) is 10.9. The minimum Gasteiger partial charge on any atom is -0.370 e. The zero-order valence-corrected chi connectivity index (χ0v) is 13.8. The molecule has 0 saturated carbocycles. The first-order valence-corrected chi connectivity index (χ1v) is 7.46. The second-order valence-corrected chi connectivity index (χ2v) is 5.44. The number of aryl methyl sites for hydroxylation is 1. The molecule has 20 heavy (non-hydrogen) atoms. The van der Waals surface area contributed by atoms with Crippen LogP contribution in [0.15, 0.2) is 0 Å². The Hall–Kier alpha value is -1.36. The van der Waals surface area contributed by atoms with Gasteiger partial charge in [0.25, 0.3) is 0 Å². The molecule has 1 rings (SSSR count). The van der Waals surface area contributed by atoms with Crippen molar-refractivity contribution in [1.29, 1.82) is 0 Å². The lowest BCUT2D eigenvalue weighted by Gasteiger charge is -2.24. The Morgan fingerprint density at radius 3 is 2.30 bits per heavy atom. The molecule has 0 aliphatic heterocycles. The number of nitrogens with zero attached hydrogens (tertiary/aromatic N) is 4. The van der Waals surface area contributed by atoms with Crippen molar-refractivity contribution < 1.29 is 0 Å². The molecule has 0 aromatic carbocycles. The molecule has 0 saturated heterocycles. The van der Waals surface area contributed by atoms with Crippen LogP contribution in [0.5, 0.6) is 0 Å². The fourth-order valence-electron chi connectivity index (χ4n) is 1.95. The summed E-state index contributed by atoms with van der Waals surface area (Å²) < 4.78 is 0. The van der Waals surface area contributed by atoms with Gasteiger partial charge in [-0.3, -0.25) is 0 Å². The lowest BCUT2D eigenvalue weighted by molar-refractivity contribution is 0.416. The van der Waals surface area contributed by atoms with Crippen molar-refractivity contribution in [1.82, 2.24) is 14.9 Å². The summed E-state index contributed by atoms with van der Waals surface area (Å²) in [5, 5.41) is 3.41. The zero-order chi connectivity index (χ0) is 15.1. The van der Waals surface area contributed by atoms with E-state index in [2.05, 4.69) is 62.0 Å². The minimum absolute atomic E-state index is 0.857. The zero-order valence-electron chi connectivity index (χ0n) is 13.8. The summed E-state index contributed by atoms with van der Waals surface area (Å²) in [6, 6.07) is 0. The van der Waals surface area contributed by atoms with Crippen molar-refractivity contribution in [3.63, 3.8) is 0 Å². The number of rotatable bonds is 8. The molecular formula is C15H29N5. The van der Waals surface area contributed by atoms with Gasteiger partial charge in [-0.25, -0.2) is 9.97 Å². The van der Waals surface area contributed by atoms with Crippen LogP contribution < -0.4 is 10.2 Å². The van der Waals surface area contributed by atoms with Crippen molar-refractivity contribution in [2.24, 2.45) is 0 Å². The van der Waals surface area contributed by atoms with Gasteiger partial charge in [0.05, 0.1) is 0 Å². The Morgan fingerprint density at radius 2 is 1.75 bits per heavy atom. The number of likely N-dealkylation sites (N-methyl/N-ethyl adjacent to an activating group) is 2. The first-order chi connectivity index (χ1) is 9.49. The third kappa shape index (κ3) is 4.63. The summed E-state index contributed by atoms with van der Waals surface area (Å²) in [4.78, 5) is 13.7. The van der Waals surface area contributed by atoms with Gasteiger partial charge in [-0.05, 0) is 27.4 Å². The Morgan fingerprint density at radius 1 is 1.05 bits per heavy atom. The molecule has 1 aromatic rings. The summed E-state index contributed by atoms with van der Waals surface area (Å²) in [6.45, 7) is 9.27. The molecule has 0 aliphatic rings. The van der Waals surface area contributed by atoms with Gasteiger partial charge in [-0.1, -0.05) is 13.8 Å². The molecule has 0 amide bonds. The van der Waals surface area contributed by atoms with Crippen LogP contribution in [0.25, 0.3) is 0 Å². The van der Waals surface area contributed by atoms with Crippen LogP contribution in [0.3, 0.4) is 0 Å². The van der Waals surface area contributed by atoms with Gasteiger partial charge in [0.15, 0.2) is 0 Å². The van der Waals surface area contributed by atoms with Crippen LogP contribution in [-0.2, 0) is 6.42 Å². The average molecular weight is 279 g/mol. The maximum absolute atomic E-state index is 4.69. The number of hydrogen-bond acceptors (Lipinski definition) is 5. The van der Waals surface area contributed by atoms with Crippen molar-refractivity contribution in [2.75, 3.05) is 51.0 Å². The number of aromatic nitrogens is 2. The van der Waals surface area contributed by atoms with Crippen LogP contribution in [0.2, 0.25) is 0 Å². The van der Waals surface area contributed by atoms with Crippen LogP contribution in [0.1, 0.15) is 31.7 Å². The smallest absolute Gasteiger partial charge is 0.137 e. The molecule has 0 radical (unpaired) electrons. The SMILES string of the molecule is CCCNc1nc(CC)nc(N(C)CCN(C)C)c1C. The predicted molar refractivity (Wildman–Crippen MR) is 86.8 cm³/mol. The summed E-state index contributed by atoms with van der Waals surface area (Å²) in [6.07, 6.45) is 1.95. The molecule has 1 N–H and O–H groups in total. The van der Waals surface area contributed by atoms with Crippen molar-refractivity contribution in [3.8, 4) is 0 Å². The highest BCUT2D eigenvalue weighted by Crippen LogP contribution is 2.23. The van der Waals surface area contributed by atoms with Gasteiger partial charge in [0.2, 0.25) is 0 Å². The van der Waals surface area contributed by atoms with E-state index < -0.39 is 0 Å². The van der Waals surface area contributed by atoms with Gasteiger partial charge in [0.1, 0.15) is 17.5 Å². The monoisotopic (exact) mass is 279 g/mol. The minimum atomic E-state index is 0.857. The van der Waals surface area contributed by atoms with Gasteiger partial charge in [-0.2, -0.15) is 0 Å². The van der Waals surface area contributed by atoms with Crippen LogP contribution >= 0.6 is 0 Å². The van der Waals surface area contributed by atoms with Gasteiger partial charge < -0.3 is 15.1 Å². The van der Waals surface area contributed by atoms with Gasteiger partial charge in [0, 0.05) is 38.7 Å². The Labute approximate surface area is 123 Å². The molecule has 0 bridgehead atoms. The first-order valence-electron chi connectivity index (χ1n) is 7.46. The molecule has 1 heterocycles. The molecule has 0 spiro atoms. The summed E-state index contributed by atoms with van der Waals surface area (Å²) >= 11 is 0. The van der Waals surface area contributed by atoms with E-state index in [9.17, 15) is 0 Å².